The van der Waals surface area contributed by atoms with Crippen molar-refractivity contribution in [2.24, 2.45) is 0 Å². The van der Waals surface area contributed by atoms with E-state index in [9.17, 15) is 4.39 Å². The van der Waals surface area contributed by atoms with Gasteiger partial charge in [0.15, 0.2) is 5.11 Å². The number of hydrogen-bond donors (Lipinski definition) is 3. The molecule has 1 rings (SSSR count). The van der Waals surface area contributed by atoms with Gasteiger partial charge in [0.2, 0.25) is 0 Å². The SMILES string of the molecule is CC[C@@H](CO)NC(=S)NCc1ccc(F)cc1. The Kier molecular flexibility index (Phi) is 5.86. The fourth-order valence-corrected chi connectivity index (χ4v) is 1.54. The first kappa shape index (κ1) is 13.9. The molecular formula is C12H17FN2OS. The molecule has 0 bridgehead atoms. The predicted molar refractivity (Wildman–Crippen MR) is 70.1 cm³/mol. The third kappa shape index (κ3) is 5.10. The lowest BCUT2D eigenvalue weighted by molar-refractivity contribution is 0.252. The van der Waals surface area contributed by atoms with Crippen molar-refractivity contribution in [2.45, 2.75) is 25.9 Å². The summed E-state index contributed by atoms with van der Waals surface area (Å²) in [5, 5.41) is 15.5. The summed E-state index contributed by atoms with van der Waals surface area (Å²) in [5.74, 6) is -0.249. The standard InChI is InChI=1S/C12H17FN2OS/c1-2-11(8-16)15-12(17)14-7-9-3-5-10(13)6-4-9/h3-6,11,16H,2,7-8H2,1H3,(H2,14,15,17)/t11-/m0/s1. The first-order chi connectivity index (χ1) is 8.15. The van der Waals surface area contributed by atoms with Gasteiger partial charge in [0, 0.05) is 6.54 Å². The maximum absolute atomic E-state index is 12.7. The van der Waals surface area contributed by atoms with Crippen LogP contribution >= 0.6 is 12.2 Å². The zero-order chi connectivity index (χ0) is 12.7. The van der Waals surface area contributed by atoms with E-state index in [4.69, 9.17) is 17.3 Å². The first-order valence-corrected chi connectivity index (χ1v) is 5.96. The molecule has 17 heavy (non-hydrogen) atoms. The number of hydrogen-bond acceptors (Lipinski definition) is 2. The second kappa shape index (κ2) is 7.19. The van der Waals surface area contributed by atoms with Crippen molar-refractivity contribution < 1.29 is 9.50 Å². The average Bonchev–Trinajstić information content (AvgIpc) is 2.35. The minimum atomic E-state index is -0.249. The lowest BCUT2D eigenvalue weighted by Crippen LogP contribution is -2.43. The summed E-state index contributed by atoms with van der Waals surface area (Å²) in [5.41, 5.74) is 0.951. The molecule has 1 aromatic carbocycles. The Balaban J connectivity index is 2.35. The van der Waals surface area contributed by atoms with E-state index >= 15 is 0 Å². The number of nitrogens with one attached hydrogen (secondary N) is 2. The molecule has 0 aliphatic heterocycles. The molecule has 0 radical (unpaired) electrons. The van der Waals surface area contributed by atoms with Gasteiger partial charge >= 0.3 is 0 Å². The van der Waals surface area contributed by atoms with Gasteiger partial charge in [-0.2, -0.15) is 0 Å². The summed E-state index contributed by atoms with van der Waals surface area (Å²) >= 11 is 5.08. The molecule has 0 aliphatic rings. The fourth-order valence-electron chi connectivity index (χ4n) is 1.30. The number of thiocarbonyl (C=S) groups is 1. The highest BCUT2D eigenvalue weighted by atomic mass is 32.1. The van der Waals surface area contributed by atoms with Crippen molar-refractivity contribution in [1.82, 2.24) is 10.6 Å². The summed E-state index contributed by atoms with van der Waals surface area (Å²) in [6.45, 7) is 2.55. The number of aliphatic hydroxyl groups excluding tert-OH is 1. The van der Waals surface area contributed by atoms with E-state index in [2.05, 4.69) is 10.6 Å². The second-order valence-corrected chi connectivity index (χ2v) is 4.15. The zero-order valence-electron chi connectivity index (χ0n) is 9.74. The van der Waals surface area contributed by atoms with Crippen LogP contribution in [0.3, 0.4) is 0 Å². The topological polar surface area (TPSA) is 44.3 Å². The molecule has 3 nitrogen and oxygen atoms in total. The molecule has 0 aliphatic carbocycles. The molecule has 0 heterocycles. The molecule has 3 N–H and O–H groups in total. The van der Waals surface area contributed by atoms with Crippen molar-refractivity contribution in [3.05, 3.63) is 35.6 Å². The van der Waals surface area contributed by atoms with Gasteiger partial charge < -0.3 is 15.7 Å². The van der Waals surface area contributed by atoms with Gasteiger partial charge in [-0.3, -0.25) is 0 Å². The summed E-state index contributed by atoms with van der Waals surface area (Å²) in [4.78, 5) is 0. The van der Waals surface area contributed by atoms with Gasteiger partial charge in [0.25, 0.3) is 0 Å². The van der Waals surface area contributed by atoms with E-state index < -0.39 is 0 Å². The van der Waals surface area contributed by atoms with Crippen molar-refractivity contribution in [1.29, 1.82) is 0 Å². The number of aliphatic hydroxyl groups is 1. The normalized spacial score (nSPS) is 11.9. The Morgan fingerprint density at radius 3 is 2.59 bits per heavy atom. The third-order valence-electron chi connectivity index (χ3n) is 2.41. The van der Waals surface area contributed by atoms with E-state index in [1.807, 2.05) is 6.92 Å². The maximum atomic E-state index is 12.7. The molecule has 0 unspecified atom stereocenters. The van der Waals surface area contributed by atoms with Crippen LogP contribution in [0.25, 0.3) is 0 Å². The molecule has 5 heteroatoms. The smallest absolute Gasteiger partial charge is 0.166 e. The average molecular weight is 256 g/mol. The van der Waals surface area contributed by atoms with Crippen molar-refractivity contribution in [3.63, 3.8) is 0 Å². The van der Waals surface area contributed by atoms with Gasteiger partial charge in [-0.25, -0.2) is 4.39 Å². The van der Waals surface area contributed by atoms with Gasteiger partial charge in [-0.15, -0.1) is 0 Å². The Bertz CT molecular complexity index is 352. The first-order valence-electron chi connectivity index (χ1n) is 5.55. The molecule has 1 atom stereocenters. The maximum Gasteiger partial charge on any atom is 0.166 e. The molecule has 94 valence electrons. The Labute approximate surface area is 106 Å². The van der Waals surface area contributed by atoms with E-state index in [1.165, 1.54) is 12.1 Å². The lowest BCUT2D eigenvalue weighted by Gasteiger charge is -2.17. The van der Waals surface area contributed by atoms with Crippen molar-refractivity contribution in [2.75, 3.05) is 6.61 Å². The molecular weight excluding hydrogens is 239 g/mol. The molecule has 0 fully saturated rings. The third-order valence-corrected chi connectivity index (χ3v) is 2.68. The Morgan fingerprint density at radius 2 is 2.06 bits per heavy atom. The van der Waals surface area contributed by atoms with Gasteiger partial charge in [-0.1, -0.05) is 19.1 Å². The van der Waals surface area contributed by atoms with Crippen LogP contribution in [0, 0.1) is 5.82 Å². The zero-order valence-corrected chi connectivity index (χ0v) is 10.6. The van der Waals surface area contributed by atoms with Crippen LogP contribution in [0.15, 0.2) is 24.3 Å². The fraction of sp³-hybridized carbons (Fsp3) is 0.417. The molecule has 0 aromatic heterocycles. The van der Waals surface area contributed by atoms with Gasteiger partial charge in [0.1, 0.15) is 5.82 Å². The quantitative estimate of drug-likeness (QED) is 0.700. The number of halogens is 1. The molecule has 1 aromatic rings. The molecule has 0 saturated carbocycles. The minimum Gasteiger partial charge on any atom is -0.394 e. The van der Waals surface area contributed by atoms with Crippen molar-refractivity contribution in [3.8, 4) is 0 Å². The number of rotatable bonds is 5. The van der Waals surface area contributed by atoms with Crippen LogP contribution in [-0.2, 0) is 6.54 Å². The summed E-state index contributed by atoms with van der Waals surface area (Å²) in [7, 11) is 0. The van der Waals surface area contributed by atoms with Crippen LogP contribution in [0.5, 0.6) is 0 Å². The summed E-state index contributed by atoms with van der Waals surface area (Å²) in [6.07, 6.45) is 0.800. The lowest BCUT2D eigenvalue weighted by atomic mass is 10.2. The summed E-state index contributed by atoms with van der Waals surface area (Å²) < 4.78 is 12.7. The minimum absolute atomic E-state index is 0.0248. The van der Waals surface area contributed by atoms with Crippen LogP contribution in [-0.4, -0.2) is 22.9 Å². The van der Waals surface area contributed by atoms with Crippen LogP contribution in [0.4, 0.5) is 4.39 Å². The van der Waals surface area contributed by atoms with Crippen LogP contribution in [0.1, 0.15) is 18.9 Å². The monoisotopic (exact) mass is 256 g/mol. The van der Waals surface area contributed by atoms with E-state index in [0.29, 0.717) is 11.7 Å². The van der Waals surface area contributed by atoms with E-state index in [1.54, 1.807) is 12.1 Å². The van der Waals surface area contributed by atoms with E-state index in [0.717, 1.165) is 12.0 Å². The highest BCUT2D eigenvalue weighted by Gasteiger charge is 2.05. The highest BCUT2D eigenvalue weighted by molar-refractivity contribution is 7.80. The molecule has 0 saturated heterocycles. The van der Waals surface area contributed by atoms with Crippen LogP contribution in [0.2, 0.25) is 0 Å². The number of benzene rings is 1. The molecule has 0 spiro atoms. The van der Waals surface area contributed by atoms with E-state index in [-0.39, 0.29) is 18.5 Å². The predicted octanol–water partition coefficient (Wildman–Crippen LogP) is 1.56. The van der Waals surface area contributed by atoms with Gasteiger partial charge in [0.05, 0.1) is 12.6 Å². The summed E-state index contributed by atoms with van der Waals surface area (Å²) in [6, 6.07) is 6.21. The highest BCUT2D eigenvalue weighted by Crippen LogP contribution is 2.01. The Morgan fingerprint density at radius 1 is 1.41 bits per heavy atom. The van der Waals surface area contributed by atoms with Gasteiger partial charge in [-0.05, 0) is 36.3 Å². The molecule has 0 amide bonds. The van der Waals surface area contributed by atoms with Crippen molar-refractivity contribution >= 4 is 17.3 Å². The Hall–Kier alpha value is -1.20. The second-order valence-electron chi connectivity index (χ2n) is 3.74. The largest absolute Gasteiger partial charge is 0.394 e. The van der Waals surface area contributed by atoms with Crippen LogP contribution < -0.4 is 10.6 Å².